The zero-order valence-electron chi connectivity index (χ0n) is 11.4. The minimum atomic E-state index is -2.94. The number of ether oxygens (including phenoxy) is 1. The number of hydrogen-bond acceptors (Lipinski definition) is 3. The first kappa shape index (κ1) is 15.0. The molecule has 2 rings (SSSR count). The van der Waals surface area contributed by atoms with E-state index in [9.17, 15) is 13.6 Å². The summed E-state index contributed by atoms with van der Waals surface area (Å²) in [4.78, 5) is 11.8. The highest BCUT2D eigenvalue weighted by Crippen LogP contribution is 2.25. The van der Waals surface area contributed by atoms with E-state index < -0.39 is 6.61 Å². The molecule has 0 saturated carbocycles. The predicted octanol–water partition coefficient (Wildman–Crippen LogP) is 2.82. The third-order valence-corrected chi connectivity index (χ3v) is 2.71. The average Bonchev–Trinajstić information content (AvgIpc) is 2.84. The third kappa shape index (κ3) is 4.55. The van der Waals surface area contributed by atoms with Crippen molar-refractivity contribution in [2.75, 3.05) is 5.32 Å². The quantitative estimate of drug-likeness (QED) is 0.891. The molecule has 0 aliphatic heterocycles. The zero-order valence-corrected chi connectivity index (χ0v) is 11.4. The fourth-order valence-corrected chi connectivity index (χ4v) is 1.79. The molecule has 1 heterocycles. The zero-order chi connectivity index (χ0) is 15.2. The van der Waals surface area contributed by atoms with Gasteiger partial charge in [-0.25, -0.2) is 0 Å². The Balaban J connectivity index is 1.93. The molecule has 0 atom stereocenters. The second-order valence-electron chi connectivity index (χ2n) is 4.45. The van der Waals surface area contributed by atoms with Crippen LogP contribution >= 0.6 is 0 Å². The number of carbonyl (C=O) groups excluding carboxylic acids is 1. The number of para-hydroxylation sites is 2. The van der Waals surface area contributed by atoms with Crippen molar-refractivity contribution in [1.82, 2.24) is 9.78 Å². The van der Waals surface area contributed by atoms with Crippen LogP contribution in [0.25, 0.3) is 0 Å². The monoisotopic (exact) mass is 295 g/mol. The Labute approximate surface area is 120 Å². The summed E-state index contributed by atoms with van der Waals surface area (Å²) in [7, 11) is 0. The van der Waals surface area contributed by atoms with Crippen molar-refractivity contribution in [2.24, 2.45) is 0 Å². The van der Waals surface area contributed by atoms with Gasteiger partial charge in [-0.15, -0.1) is 0 Å². The van der Waals surface area contributed by atoms with Crippen LogP contribution in [0.2, 0.25) is 0 Å². The molecule has 5 nitrogen and oxygen atoms in total. The molecule has 1 aromatic carbocycles. The third-order valence-electron chi connectivity index (χ3n) is 2.71. The molecule has 1 aromatic heterocycles. The number of aryl methyl sites for hydroxylation is 2. The number of halogens is 2. The molecule has 0 radical (unpaired) electrons. The fourth-order valence-electron chi connectivity index (χ4n) is 1.79. The van der Waals surface area contributed by atoms with Crippen molar-refractivity contribution in [3.8, 4) is 5.75 Å². The maximum Gasteiger partial charge on any atom is 0.387 e. The van der Waals surface area contributed by atoms with E-state index in [-0.39, 0.29) is 23.8 Å². The Bertz CT molecular complexity index is 614. The first-order chi connectivity index (χ1) is 10.0. The Hall–Kier alpha value is -2.44. The van der Waals surface area contributed by atoms with Crippen LogP contribution in [0, 0.1) is 6.92 Å². The summed E-state index contributed by atoms with van der Waals surface area (Å²) in [5.74, 6) is -0.357. The highest BCUT2D eigenvalue weighted by atomic mass is 19.3. The van der Waals surface area contributed by atoms with E-state index in [1.807, 2.05) is 13.1 Å². The number of nitrogens with zero attached hydrogens (tertiary/aromatic N) is 2. The number of benzene rings is 1. The Morgan fingerprint density at radius 2 is 2.19 bits per heavy atom. The van der Waals surface area contributed by atoms with E-state index in [0.29, 0.717) is 6.54 Å². The minimum Gasteiger partial charge on any atom is -0.433 e. The van der Waals surface area contributed by atoms with Gasteiger partial charge in [0.05, 0.1) is 11.9 Å². The van der Waals surface area contributed by atoms with E-state index in [1.165, 1.54) is 12.1 Å². The van der Waals surface area contributed by atoms with Crippen LogP contribution in [-0.4, -0.2) is 22.3 Å². The highest BCUT2D eigenvalue weighted by molar-refractivity contribution is 5.92. The van der Waals surface area contributed by atoms with Crippen LogP contribution in [0.4, 0.5) is 14.5 Å². The van der Waals surface area contributed by atoms with Gasteiger partial charge in [-0.2, -0.15) is 13.9 Å². The van der Waals surface area contributed by atoms with Gasteiger partial charge in [-0.1, -0.05) is 12.1 Å². The van der Waals surface area contributed by atoms with Gasteiger partial charge >= 0.3 is 6.61 Å². The maximum absolute atomic E-state index is 12.3. The van der Waals surface area contributed by atoms with Crippen LogP contribution < -0.4 is 10.1 Å². The van der Waals surface area contributed by atoms with Crippen molar-refractivity contribution in [3.05, 3.63) is 42.2 Å². The van der Waals surface area contributed by atoms with E-state index in [0.717, 1.165) is 5.56 Å². The van der Waals surface area contributed by atoms with E-state index >= 15 is 0 Å². The molecule has 0 fully saturated rings. The van der Waals surface area contributed by atoms with Gasteiger partial charge in [0, 0.05) is 19.2 Å². The number of rotatable bonds is 6. The van der Waals surface area contributed by atoms with Gasteiger partial charge in [0.15, 0.2) is 0 Å². The second-order valence-corrected chi connectivity index (χ2v) is 4.45. The number of amides is 1. The maximum atomic E-state index is 12.3. The van der Waals surface area contributed by atoms with Crippen molar-refractivity contribution in [3.63, 3.8) is 0 Å². The van der Waals surface area contributed by atoms with Gasteiger partial charge in [0.1, 0.15) is 5.75 Å². The molecule has 7 heteroatoms. The summed E-state index contributed by atoms with van der Waals surface area (Å²) in [5.41, 5.74) is 1.23. The van der Waals surface area contributed by atoms with E-state index in [4.69, 9.17) is 0 Å². The van der Waals surface area contributed by atoms with Crippen molar-refractivity contribution in [1.29, 1.82) is 0 Å². The SMILES string of the molecule is Cc1cnn(CCC(=O)Nc2ccccc2OC(F)F)c1. The summed E-state index contributed by atoms with van der Waals surface area (Å²) in [6.07, 6.45) is 3.70. The molecule has 0 spiro atoms. The minimum absolute atomic E-state index is 0.0595. The number of carbonyl (C=O) groups is 1. The highest BCUT2D eigenvalue weighted by Gasteiger charge is 2.11. The average molecular weight is 295 g/mol. The Morgan fingerprint density at radius 1 is 1.43 bits per heavy atom. The summed E-state index contributed by atoms with van der Waals surface area (Å²) >= 11 is 0. The first-order valence-electron chi connectivity index (χ1n) is 6.37. The summed E-state index contributed by atoms with van der Waals surface area (Å²) in [6, 6.07) is 6.07. The lowest BCUT2D eigenvalue weighted by molar-refractivity contribution is -0.116. The van der Waals surface area contributed by atoms with Crippen molar-refractivity contribution >= 4 is 11.6 Å². The lowest BCUT2D eigenvalue weighted by atomic mass is 10.3. The number of anilines is 1. The molecule has 21 heavy (non-hydrogen) atoms. The number of aromatic nitrogens is 2. The molecular weight excluding hydrogens is 280 g/mol. The molecule has 2 aromatic rings. The van der Waals surface area contributed by atoms with Gasteiger partial charge < -0.3 is 10.1 Å². The molecule has 0 unspecified atom stereocenters. The molecule has 1 amide bonds. The number of alkyl halides is 2. The molecule has 0 aliphatic rings. The van der Waals surface area contributed by atoms with Crippen LogP contribution in [0.15, 0.2) is 36.7 Å². The summed E-state index contributed by atoms with van der Waals surface area (Å²) in [6.45, 7) is -0.617. The Kier molecular flexibility index (Phi) is 4.86. The molecular formula is C14H15F2N3O2. The molecule has 0 aliphatic carbocycles. The molecule has 112 valence electrons. The van der Waals surface area contributed by atoms with Gasteiger partial charge in [-0.05, 0) is 24.6 Å². The lowest BCUT2D eigenvalue weighted by Crippen LogP contribution is -2.16. The number of hydrogen-bond donors (Lipinski definition) is 1. The van der Waals surface area contributed by atoms with Gasteiger partial charge in [0.25, 0.3) is 0 Å². The van der Waals surface area contributed by atoms with Crippen molar-refractivity contribution < 1.29 is 18.3 Å². The molecule has 0 saturated heterocycles. The molecule has 1 N–H and O–H groups in total. The molecule has 0 bridgehead atoms. The van der Waals surface area contributed by atoms with E-state index in [2.05, 4.69) is 15.2 Å². The van der Waals surface area contributed by atoms with Crippen molar-refractivity contribution in [2.45, 2.75) is 26.5 Å². The van der Waals surface area contributed by atoms with Crippen LogP contribution in [0.1, 0.15) is 12.0 Å². The summed E-state index contributed by atoms with van der Waals surface area (Å²) < 4.78 is 30.5. The summed E-state index contributed by atoms with van der Waals surface area (Å²) in [5, 5.41) is 6.62. The largest absolute Gasteiger partial charge is 0.433 e. The smallest absolute Gasteiger partial charge is 0.387 e. The fraction of sp³-hybridized carbons (Fsp3) is 0.286. The van der Waals surface area contributed by atoms with Gasteiger partial charge in [-0.3, -0.25) is 9.48 Å². The number of nitrogens with one attached hydrogen (secondary N) is 1. The lowest BCUT2D eigenvalue weighted by Gasteiger charge is -2.11. The normalized spacial score (nSPS) is 10.7. The standard InChI is InChI=1S/C14H15F2N3O2/c1-10-8-17-19(9-10)7-6-13(20)18-11-4-2-3-5-12(11)21-14(15)16/h2-5,8-9,14H,6-7H2,1H3,(H,18,20). The first-order valence-corrected chi connectivity index (χ1v) is 6.37. The Morgan fingerprint density at radius 3 is 2.86 bits per heavy atom. The second kappa shape index (κ2) is 6.83. The van der Waals surface area contributed by atoms with Crippen LogP contribution in [0.3, 0.4) is 0 Å². The van der Waals surface area contributed by atoms with E-state index in [1.54, 1.807) is 23.0 Å². The van der Waals surface area contributed by atoms with Gasteiger partial charge in [0.2, 0.25) is 5.91 Å². The van der Waals surface area contributed by atoms with Crippen LogP contribution in [0.5, 0.6) is 5.75 Å². The topological polar surface area (TPSA) is 56.2 Å². The van der Waals surface area contributed by atoms with Crippen LogP contribution in [-0.2, 0) is 11.3 Å². The predicted molar refractivity (Wildman–Crippen MR) is 73.3 cm³/mol.